The molecule has 0 aliphatic heterocycles. The summed E-state index contributed by atoms with van der Waals surface area (Å²) in [5.41, 5.74) is 4.80. The van der Waals surface area contributed by atoms with Gasteiger partial charge in [-0.15, -0.1) is 0 Å². The van der Waals surface area contributed by atoms with E-state index >= 15 is 0 Å². The second kappa shape index (κ2) is 10.4. The van der Waals surface area contributed by atoms with Gasteiger partial charge in [-0.05, 0) is 37.0 Å². The monoisotopic (exact) mass is 367 g/mol. The first kappa shape index (κ1) is 20.5. The van der Waals surface area contributed by atoms with Crippen molar-refractivity contribution >= 4 is 11.9 Å². The van der Waals surface area contributed by atoms with Crippen LogP contribution in [0.1, 0.15) is 28.7 Å². The van der Waals surface area contributed by atoms with Crippen molar-refractivity contribution in [3.05, 3.63) is 70.8 Å². The highest BCUT2D eigenvalue weighted by Crippen LogP contribution is 2.10. The highest BCUT2D eigenvalue weighted by molar-refractivity contribution is 5.78. The normalized spacial score (nSPS) is 10.3. The zero-order valence-corrected chi connectivity index (χ0v) is 16.4. The van der Waals surface area contributed by atoms with Crippen molar-refractivity contribution in [1.29, 1.82) is 0 Å². The van der Waals surface area contributed by atoms with Crippen LogP contribution in [-0.4, -0.2) is 37.0 Å². The maximum Gasteiger partial charge on any atom is 0.314 e. The van der Waals surface area contributed by atoms with E-state index in [9.17, 15) is 9.59 Å². The third kappa shape index (κ3) is 7.13. The number of nitrogens with one attached hydrogen (secondary N) is 2. The van der Waals surface area contributed by atoms with Crippen molar-refractivity contribution < 1.29 is 9.59 Å². The highest BCUT2D eigenvalue weighted by atomic mass is 16.2. The van der Waals surface area contributed by atoms with Crippen LogP contribution in [0.3, 0.4) is 0 Å². The second-order valence-electron chi connectivity index (χ2n) is 6.85. The van der Waals surface area contributed by atoms with E-state index in [0.717, 1.165) is 12.0 Å². The van der Waals surface area contributed by atoms with Crippen molar-refractivity contribution in [3.63, 3.8) is 0 Å². The molecule has 0 unspecified atom stereocenters. The minimum absolute atomic E-state index is 0.00873. The van der Waals surface area contributed by atoms with Crippen LogP contribution in [0, 0.1) is 13.8 Å². The summed E-state index contributed by atoms with van der Waals surface area (Å²) in [6, 6.07) is 15.9. The van der Waals surface area contributed by atoms with Crippen LogP contribution in [0.2, 0.25) is 0 Å². The van der Waals surface area contributed by atoms with E-state index in [2.05, 4.69) is 42.7 Å². The van der Waals surface area contributed by atoms with Gasteiger partial charge in [-0.2, -0.15) is 0 Å². The first-order valence-corrected chi connectivity index (χ1v) is 9.31. The van der Waals surface area contributed by atoms with Crippen LogP contribution in [0.4, 0.5) is 4.79 Å². The number of hydrogen-bond acceptors (Lipinski definition) is 2. The van der Waals surface area contributed by atoms with E-state index in [0.29, 0.717) is 19.6 Å². The van der Waals surface area contributed by atoms with E-state index in [1.54, 1.807) is 11.9 Å². The predicted molar refractivity (Wildman–Crippen MR) is 109 cm³/mol. The second-order valence-corrected chi connectivity index (χ2v) is 6.85. The molecular weight excluding hydrogens is 338 g/mol. The smallest absolute Gasteiger partial charge is 0.314 e. The quantitative estimate of drug-likeness (QED) is 0.753. The van der Waals surface area contributed by atoms with Gasteiger partial charge >= 0.3 is 6.03 Å². The van der Waals surface area contributed by atoms with E-state index in [1.807, 2.05) is 30.3 Å². The first-order chi connectivity index (χ1) is 13.0. The molecule has 27 heavy (non-hydrogen) atoms. The first-order valence-electron chi connectivity index (χ1n) is 9.31. The van der Waals surface area contributed by atoms with Gasteiger partial charge in [0.05, 0.1) is 0 Å². The summed E-state index contributed by atoms with van der Waals surface area (Å²) in [5, 5.41) is 5.59. The van der Waals surface area contributed by atoms with Gasteiger partial charge in [-0.25, -0.2) is 4.79 Å². The number of nitrogens with zero attached hydrogens (tertiary/aromatic N) is 1. The third-order valence-electron chi connectivity index (χ3n) is 4.49. The molecule has 0 heterocycles. The van der Waals surface area contributed by atoms with Gasteiger partial charge in [0.2, 0.25) is 5.91 Å². The maximum atomic E-state index is 12.1. The molecule has 0 bridgehead atoms. The fourth-order valence-corrected chi connectivity index (χ4v) is 2.92. The van der Waals surface area contributed by atoms with Gasteiger partial charge in [0.1, 0.15) is 0 Å². The van der Waals surface area contributed by atoms with Gasteiger partial charge in [0.15, 0.2) is 0 Å². The van der Waals surface area contributed by atoms with E-state index in [-0.39, 0.29) is 18.4 Å². The molecular formula is C22H29N3O2. The van der Waals surface area contributed by atoms with Crippen LogP contribution in [0.25, 0.3) is 0 Å². The van der Waals surface area contributed by atoms with Gasteiger partial charge in [0, 0.05) is 33.1 Å². The average Bonchev–Trinajstić information content (AvgIpc) is 2.64. The number of aryl methyl sites for hydroxylation is 2. The largest absolute Gasteiger partial charge is 0.341 e. The molecule has 0 atom stereocenters. The number of carbonyl (C=O) groups is 2. The number of amides is 3. The summed E-state index contributed by atoms with van der Waals surface area (Å²) >= 11 is 0. The lowest BCUT2D eigenvalue weighted by atomic mass is 10.0. The Hall–Kier alpha value is -2.82. The Balaban J connectivity index is 1.63. The van der Waals surface area contributed by atoms with Gasteiger partial charge in [-0.1, -0.05) is 54.1 Å². The Morgan fingerprint density at radius 2 is 1.67 bits per heavy atom. The van der Waals surface area contributed by atoms with Crippen LogP contribution in [0.15, 0.2) is 48.5 Å². The van der Waals surface area contributed by atoms with Crippen LogP contribution in [0.5, 0.6) is 0 Å². The molecule has 0 aliphatic carbocycles. The predicted octanol–water partition coefficient (Wildman–Crippen LogP) is 3.19. The fourth-order valence-electron chi connectivity index (χ4n) is 2.92. The average molecular weight is 367 g/mol. The number of carbonyl (C=O) groups excluding carboxylic acids is 2. The molecule has 2 rings (SSSR count). The molecule has 2 N–H and O–H groups in total. The number of benzene rings is 2. The number of rotatable bonds is 8. The minimum atomic E-state index is -0.238. The van der Waals surface area contributed by atoms with Crippen LogP contribution >= 0.6 is 0 Å². The molecule has 0 spiro atoms. The van der Waals surface area contributed by atoms with Crippen molar-refractivity contribution in [1.82, 2.24) is 15.5 Å². The van der Waals surface area contributed by atoms with Crippen molar-refractivity contribution in [2.75, 3.05) is 20.1 Å². The maximum absolute atomic E-state index is 12.1. The number of hydrogen-bond donors (Lipinski definition) is 2. The molecule has 2 aromatic rings. The van der Waals surface area contributed by atoms with Crippen LogP contribution in [-0.2, 0) is 17.8 Å². The molecule has 144 valence electrons. The van der Waals surface area contributed by atoms with E-state index in [1.165, 1.54) is 16.7 Å². The topological polar surface area (TPSA) is 61.4 Å². The van der Waals surface area contributed by atoms with E-state index < -0.39 is 0 Å². The minimum Gasteiger partial charge on any atom is -0.341 e. The SMILES string of the molecule is Cc1ccc(CCNC(=O)NCCC(=O)N(C)Cc2ccccc2)c(C)c1. The summed E-state index contributed by atoms with van der Waals surface area (Å²) in [5.74, 6) is 0.00873. The van der Waals surface area contributed by atoms with Crippen molar-refractivity contribution in [3.8, 4) is 0 Å². The lowest BCUT2D eigenvalue weighted by Crippen LogP contribution is -2.38. The van der Waals surface area contributed by atoms with Gasteiger partial charge in [-0.3, -0.25) is 4.79 Å². The molecule has 0 aromatic heterocycles. The van der Waals surface area contributed by atoms with Crippen molar-refractivity contribution in [2.45, 2.75) is 33.2 Å². The highest BCUT2D eigenvalue weighted by Gasteiger charge is 2.10. The van der Waals surface area contributed by atoms with E-state index in [4.69, 9.17) is 0 Å². The molecule has 0 radical (unpaired) electrons. The Kier molecular flexibility index (Phi) is 7.86. The lowest BCUT2D eigenvalue weighted by molar-refractivity contribution is -0.130. The summed E-state index contributed by atoms with van der Waals surface area (Å²) in [4.78, 5) is 25.7. The molecule has 0 saturated heterocycles. The Bertz CT molecular complexity index is 759. The third-order valence-corrected chi connectivity index (χ3v) is 4.49. The Morgan fingerprint density at radius 1 is 0.963 bits per heavy atom. The lowest BCUT2D eigenvalue weighted by Gasteiger charge is -2.17. The van der Waals surface area contributed by atoms with Gasteiger partial charge < -0.3 is 15.5 Å². The molecule has 5 heteroatoms. The standard InChI is InChI=1S/C22H29N3O2/c1-17-9-10-20(18(2)15-17)11-13-23-22(27)24-14-12-21(26)25(3)16-19-7-5-4-6-8-19/h4-10,15H,11-14,16H2,1-3H3,(H2,23,24,27). The Labute approximate surface area is 161 Å². The van der Waals surface area contributed by atoms with Crippen LogP contribution < -0.4 is 10.6 Å². The zero-order valence-electron chi connectivity index (χ0n) is 16.4. The molecule has 0 fully saturated rings. The molecule has 3 amide bonds. The molecule has 5 nitrogen and oxygen atoms in total. The van der Waals surface area contributed by atoms with Gasteiger partial charge in [0.25, 0.3) is 0 Å². The molecule has 2 aromatic carbocycles. The molecule has 0 aliphatic rings. The summed E-state index contributed by atoms with van der Waals surface area (Å²) in [6.45, 7) is 5.62. The summed E-state index contributed by atoms with van der Waals surface area (Å²) in [7, 11) is 1.78. The zero-order chi connectivity index (χ0) is 19.6. The summed E-state index contributed by atoms with van der Waals surface area (Å²) in [6.07, 6.45) is 1.08. The summed E-state index contributed by atoms with van der Waals surface area (Å²) < 4.78 is 0. The Morgan fingerprint density at radius 3 is 2.37 bits per heavy atom. The molecule has 0 saturated carbocycles. The number of urea groups is 1. The fraction of sp³-hybridized carbons (Fsp3) is 0.364. The van der Waals surface area contributed by atoms with Crippen molar-refractivity contribution in [2.24, 2.45) is 0 Å².